The molecule has 6 heteroatoms. The molecular weight excluding hydrogens is 246 g/mol. The third kappa shape index (κ3) is 9.93. The quantitative estimate of drug-likeness (QED) is 0.612. The van der Waals surface area contributed by atoms with Crippen LogP contribution in [0.3, 0.4) is 0 Å². The zero-order chi connectivity index (χ0) is 13.5. The molecule has 0 heterocycles. The summed E-state index contributed by atoms with van der Waals surface area (Å²) >= 11 is 5.24. The molecule has 17 heavy (non-hydrogen) atoms. The number of carbonyl (C=O) groups excluding carboxylic acids is 2. The summed E-state index contributed by atoms with van der Waals surface area (Å²) in [5.74, 6) is -0.377. The molecule has 0 aromatic rings. The molecular formula is C11H20ClNO4. The lowest BCUT2D eigenvalue weighted by Crippen LogP contribution is -2.37. The van der Waals surface area contributed by atoms with Gasteiger partial charge in [-0.2, -0.15) is 0 Å². The Hall–Kier alpha value is -0.970. The molecule has 0 aromatic heterocycles. The van der Waals surface area contributed by atoms with E-state index >= 15 is 0 Å². The second-order valence-corrected chi connectivity index (χ2v) is 4.93. The summed E-state index contributed by atoms with van der Waals surface area (Å²) in [7, 11) is 0. The first kappa shape index (κ1) is 16.0. The Morgan fingerprint density at radius 2 is 1.94 bits per heavy atom. The number of amides is 1. The number of ether oxygens (including phenoxy) is 2. The van der Waals surface area contributed by atoms with Gasteiger partial charge in [-0.3, -0.25) is 4.79 Å². The summed E-state index contributed by atoms with van der Waals surface area (Å²) in [6.45, 7) is 7.15. The highest BCUT2D eigenvalue weighted by atomic mass is 35.5. The molecule has 0 aliphatic rings. The molecule has 0 bridgehead atoms. The van der Waals surface area contributed by atoms with Gasteiger partial charge in [0.05, 0.1) is 0 Å². The van der Waals surface area contributed by atoms with Crippen molar-refractivity contribution in [3.05, 3.63) is 0 Å². The molecule has 1 N–H and O–H groups in total. The number of rotatable bonds is 5. The Bertz CT molecular complexity index is 263. The van der Waals surface area contributed by atoms with Crippen LogP contribution in [0.4, 0.5) is 4.79 Å². The lowest BCUT2D eigenvalue weighted by Gasteiger charge is -2.21. The van der Waals surface area contributed by atoms with E-state index in [2.05, 4.69) is 10.1 Å². The highest BCUT2D eigenvalue weighted by Crippen LogP contribution is 2.07. The van der Waals surface area contributed by atoms with Gasteiger partial charge in [-0.1, -0.05) is 11.6 Å². The van der Waals surface area contributed by atoms with Gasteiger partial charge in [-0.25, -0.2) is 4.79 Å². The smallest absolute Gasteiger partial charge is 0.407 e. The van der Waals surface area contributed by atoms with Crippen molar-refractivity contribution >= 4 is 23.7 Å². The summed E-state index contributed by atoms with van der Waals surface area (Å²) in [6.07, 6.45) is 0.203. The average molecular weight is 266 g/mol. The van der Waals surface area contributed by atoms with Gasteiger partial charge in [0, 0.05) is 12.5 Å². The fourth-order valence-corrected chi connectivity index (χ4v) is 1.17. The molecule has 0 fully saturated rings. The van der Waals surface area contributed by atoms with Crippen molar-refractivity contribution in [3.63, 3.8) is 0 Å². The van der Waals surface area contributed by atoms with E-state index in [1.54, 1.807) is 27.7 Å². The SMILES string of the molecule is CC(CCC(=O)OCCl)NC(=O)OC(C)(C)C. The number of alkyl halides is 1. The number of esters is 1. The predicted octanol–water partition coefficient (Wildman–Crippen LogP) is 2.42. The lowest BCUT2D eigenvalue weighted by atomic mass is 10.2. The maximum absolute atomic E-state index is 11.4. The largest absolute Gasteiger partial charge is 0.449 e. The molecule has 1 amide bonds. The molecule has 0 saturated carbocycles. The molecule has 0 saturated heterocycles. The molecule has 0 aromatic carbocycles. The first-order valence-corrected chi connectivity index (χ1v) is 5.99. The van der Waals surface area contributed by atoms with Gasteiger partial charge in [0.25, 0.3) is 0 Å². The summed E-state index contributed by atoms with van der Waals surface area (Å²) < 4.78 is 9.64. The first-order valence-electron chi connectivity index (χ1n) is 5.45. The molecule has 0 radical (unpaired) electrons. The number of halogens is 1. The number of hydrogen-bond donors (Lipinski definition) is 1. The van der Waals surface area contributed by atoms with E-state index in [4.69, 9.17) is 16.3 Å². The minimum absolute atomic E-state index is 0.146. The van der Waals surface area contributed by atoms with Crippen molar-refractivity contribution in [2.75, 3.05) is 6.07 Å². The van der Waals surface area contributed by atoms with Gasteiger partial charge < -0.3 is 14.8 Å². The topological polar surface area (TPSA) is 64.6 Å². The molecule has 0 aliphatic carbocycles. The Kier molecular flexibility index (Phi) is 6.95. The van der Waals surface area contributed by atoms with Crippen LogP contribution < -0.4 is 5.32 Å². The van der Waals surface area contributed by atoms with Gasteiger partial charge in [-0.05, 0) is 34.1 Å². The lowest BCUT2D eigenvalue weighted by molar-refractivity contribution is -0.141. The van der Waals surface area contributed by atoms with Gasteiger partial charge in [0.15, 0.2) is 6.07 Å². The van der Waals surface area contributed by atoms with Crippen LogP contribution in [0.15, 0.2) is 0 Å². The van der Waals surface area contributed by atoms with Gasteiger partial charge >= 0.3 is 12.1 Å². The Balaban J connectivity index is 3.82. The Morgan fingerprint density at radius 1 is 1.35 bits per heavy atom. The van der Waals surface area contributed by atoms with E-state index in [1.807, 2.05) is 0 Å². The van der Waals surface area contributed by atoms with Crippen molar-refractivity contribution in [2.45, 2.75) is 52.2 Å². The van der Waals surface area contributed by atoms with E-state index in [9.17, 15) is 9.59 Å². The highest BCUT2D eigenvalue weighted by molar-refractivity contribution is 6.17. The average Bonchev–Trinajstić information content (AvgIpc) is 2.12. The van der Waals surface area contributed by atoms with E-state index in [0.717, 1.165) is 0 Å². The molecule has 1 unspecified atom stereocenters. The van der Waals surface area contributed by atoms with E-state index in [0.29, 0.717) is 6.42 Å². The number of nitrogens with one attached hydrogen (secondary N) is 1. The molecule has 100 valence electrons. The van der Waals surface area contributed by atoms with Crippen molar-refractivity contribution in [1.29, 1.82) is 0 Å². The van der Waals surface area contributed by atoms with Crippen LogP contribution in [-0.2, 0) is 14.3 Å². The van der Waals surface area contributed by atoms with Crippen LogP contribution >= 0.6 is 11.6 Å². The minimum Gasteiger partial charge on any atom is -0.449 e. The minimum atomic E-state index is -0.526. The van der Waals surface area contributed by atoms with E-state index in [-0.39, 0.29) is 24.5 Å². The molecule has 5 nitrogen and oxygen atoms in total. The fourth-order valence-electron chi connectivity index (χ4n) is 1.05. The van der Waals surface area contributed by atoms with Gasteiger partial charge in [0.1, 0.15) is 5.60 Å². The zero-order valence-corrected chi connectivity index (χ0v) is 11.5. The van der Waals surface area contributed by atoms with Gasteiger partial charge in [0.2, 0.25) is 0 Å². The maximum Gasteiger partial charge on any atom is 0.407 e. The predicted molar refractivity (Wildman–Crippen MR) is 64.9 cm³/mol. The van der Waals surface area contributed by atoms with Crippen LogP contribution in [0.2, 0.25) is 0 Å². The van der Waals surface area contributed by atoms with Crippen molar-refractivity contribution in [3.8, 4) is 0 Å². The number of carbonyl (C=O) groups is 2. The van der Waals surface area contributed by atoms with Crippen molar-refractivity contribution < 1.29 is 19.1 Å². The first-order chi connectivity index (χ1) is 7.74. The van der Waals surface area contributed by atoms with E-state index in [1.165, 1.54) is 0 Å². The molecule has 0 aliphatic heterocycles. The summed E-state index contributed by atoms with van der Waals surface area (Å²) in [5.41, 5.74) is -0.526. The van der Waals surface area contributed by atoms with E-state index < -0.39 is 11.7 Å². The van der Waals surface area contributed by atoms with Crippen LogP contribution in [0.1, 0.15) is 40.5 Å². The number of hydrogen-bond acceptors (Lipinski definition) is 4. The van der Waals surface area contributed by atoms with Crippen LogP contribution in [0.5, 0.6) is 0 Å². The molecule has 0 rings (SSSR count). The second-order valence-electron chi connectivity index (χ2n) is 4.71. The maximum atomic E-state index is 11.4. The third-order valence-electron chi connectivity index (χ3n) is 1.76. The fraction of sp³-hybridized carbons (Fsp3) is 0.818. The zero-order valence-electron chi connectivity index (χ0n) is 10.7. The summed E-state index contributed by atoms with van der Waals surface area (Å²) in [6, 6.07) is -0.306. The van der Waals surface area contributed by atoms with Crippen LogP contribution in [0, 0.1) is 0 Å². The third-order valence-corrected chi connectivity index (χ3v) is 1.87. The number of alkyl carbamates (subject to hydrolysis) is 1. The molecule has 0 spiro atoms. The van der Waals surface area contributed by atoms with Crippen molar-refractivity contribution in [2.24, 2.45) is 0 Å². The Labute approximate surface area is 107 Å². The van der Waals surface area contributed by atoms with Crippen LogP contribution in [0.25, 0.3) is 0 Å². The molecule has 1 atom stereocenters. The normalized spacial score (nSPS) is 12.8. The van der Waals surface area contributed by atoms with Gasteiger partial charge in [-0.15, -0.1) is 0 Å². The Morgan fingerprint density at radius 3 is 2.41 bits per heavy atom. The monoisotopic (exact) mass is 265 g/mol. The second kappa shape index (κ2) is 7.37. The highest BCUT2D eigenvalue weighted by Gasteiger charge is 2.18. The summed E-state index contributed by atoms with van der Waals surface area (Å²) in [5, 5.41) is 2.63. The van der Waals surface area contributed by atoms with Crippen LogP contribution in [-0.4, -0.2) is 29.8 Å². The standard InChI is InChI=1S/C11H20ClNO4/c1-8(5-6-9(14)16-7-12)13-10(15)17-11(2,3)4/h8H,5-7H2,1-4H3,(H,13,15). The van der Waals surface area contributed by atoms with Crippen molar-refractivity contribution in [1.82, 2.24) is 5.32 Å². The summed E-state index contributed by atoms with van der Waals surface area (Å²) in [4.78, 5) is 22.4.